The molecule has 0 amide bonds. The standard InChI is InChI=1S/C16H18F3IO2/c17-12-5-10(6-13(18)16(12)19)15-3-1-9(7-21-15)14-4-2-11(20)8-22-14/h5-6,9,11,14-15H,1-4,7-8H2. The summed E-state index contributed by atoms with van der Waals surface area (Å²) in [5, 5.41) is 0. The van der Waals surface area contributed by atoms with Crippen molar-refractivity contribution in [2.45, 2.75) is 41.8 Å². The summed E-state index contributed by atoms with van der Waals surface area (Å²) in [6.07, 6.45) is 3.59. The normalized spacial score (nSPS) is 32.9. The number of hydrogen-bond acceptors (Lipinski definition) is 2. The molecule has 1 aromatic rings. The Balaban J connectivity index is 1.60. The van der Waals surface area contributed by atoms with Gasteiger partial charge in [-0.05, 0) is 43.4 Å². The van der Waals surface area contributed by atoms with Gasteiger partial charge in [0.15, 0.2) is 17.5 Å². The number of alkyl halides is 1. The fraction of sp³-hybridized carbons (Fsp3) is 0.625. The molecule has 0 aromatic heterocycles. The summed E-state index contributed by atoms with van der Waals surface area (Å²) in [4.78, 5) is 0. The molecule has 0 saturated carbocycles. The predicted octanol–water partition coefficient (Wildman–Crippen LogP) is 4.55. The molecule has 122 valence electrons. The lowest BCUT2D eigenvalue weighted by molar-refractivity contribution is -0.0898. The monoisotopic (exact) mass is 426 g/mol. The summed E-state index contributed by atoms with van der Waals surface area (Å²) in [5.41, 5.74) is 0.367. The zero-order valence-corrected chi connectivity index (χ0v) is 14.2. The Labute approximate surface area is 141 Å². The van der Waals surface area contributed by atoms with Gasteiger partial charge in [0.1, 0.15) is 0 Å². The van der Waals surface area contributed by atoms with Gasteiger partial charge in [-0.15, -0.1) is 0 Å². The first-order valence-electron chi connectivity index (χ1n) is 7.56. The van der Waals surface area contributed by atoms with Gasteiger partial charge in [0.05, 0.1) is 25.4 Å². The maximum atomic E-state index is 13.3. The highest BCUT2D eigenvalue weighted by Crippen LogP contribution is 2.36. The number of ether oxygens (including phenoxy) is 2. The maximum absolute atomic E-state index is 13.3. The van der Waals surface area contributed by atoms with E-state index in [0.29, 0.717) is 28.4 Å². The molecule has 4 unspecified atom stereocenters. The number of halogens is 4. The van der Waals surface area contributed by atoms with Crippen molar-refractivity contribution in [3.05, 3.63) is 35.1 Å². The van der Waals surface area contributed by atoms with Crippen LogP contribution in [0.2, 0.25) is 0 Å². The van der Waals surface area contributed by atoms with Crippen LogP contribution in [-0.2, 0) is 9.47 Å². The third-order valence-electron chi connectivity index (χ3n) is 4.47. The molecule has 2 aliphatic heterocycles. The Kier molecular flexibility index (Phi) is 5.29. The largest absolute Gasteiger partial charge is 0.377 e. The summed E-state index contributed by atoms with van der Waals surface area (Å²) >= 11 is 2.40. The Morgan fingerprint density at radius 1 is 0.909 bits per heavy atom. The molecule has 2 nitrogen and oxygen atoms in total. The molecular weight excluding hydrogens is 408 g/mol. The van der Waals surface area contributed by atoms with Crippen LogP contribution in [-0.4, -0.2) is 23.2 Å². The minimum Gasteiger partial charge on any atom is -0.377 e. The van der Waals surface area contributed by atoms with E-state index in [0.717, 1.165) is 38.0 Å². The fourth-order valence-corrected chi connectivity index (χ4v) is 3.77. The molecule has 2 fully saturated rings. The molecule has 0 N–H and O–H groups in total. The summed E-state index contributed by atoms with van der Waals surface area (Å²) in [7, 11) is 0. The van der Waals surface area contributed by atoms with Crippen molar-refractivity contribution in [3.8, 4) is 0 Å². The summed E-state index contributed by atoms with van der Waals surface area (Å²) in [6.45, 7) is 1.29. The minimum absolute atomic E-state index is 0.216. The smallest absolute Gasteiger partial charge is 0.194 e. The van der Waals surface area contributed by atoms with Crippen LogP contribution in [0.25, 0.3) is 0 Å². The van der Waals surface area contributed by atoms with Gasteiger partial charge in [-0.1, -0.05) is 22.6 Å². The second-order valence-corrected chi connectivity index (χ2v) is 7.77. The molecule has 0 aliphatic carbocycles. The Bertz CT molecular complexity index is 501. The van der Waals surface area contributed by atoms with E-state index in [1.54, 1.807) is 0 Å². The van der Waals surface area contributed by atoms with Crippen LogP contribution in [0.5, 0.6) is 0 Å². The first-order chi connectivity index (χ1) is 10.5. The van der Waals surface area contributed by atoms with Crippen molar-refractivity contribution in [1.82, 2.24) is 0 Å². The molecule has 22 heavy (non-hydrogen) atoms. The SMILES string of the molecule is Fc1cc(C2CCC(C3CCC(I)CO3)CO2)cc(F)c1F. The predicted molar refractivity (Wildman–Crippen MR) is 84.5 cm³/mol. The highest BCUT2D eigenvalue weighted by Gasteiger charge is 2.32. The molecule has 2 saturated heterocycles. The average Bonchev–Trinajstić information content (AvgIpc) is 2.53. The van der Waals surface area contributed by atoms with Crippen molar-refractivity contribution in [2.24, 2.45) is 5.92 Å². The van der Waals surface area contributed by atoms with Gasteiger partial charge < -0.3 is 9.47 Å². The van der Waals surface area contributed by atoms with Gasteiger partial charge >= 0.3 is 0 Å². The van der Waals surface area contributed by atoms with Crippen molar-refractivity contribution < 1.29 is 22.6 Å². The summed E-state index contributed by atoms with van der Waals surface area (Å²) in [5.74, 6) is -3.43. The second-order valence-electron chi connectivity index (χ2n) is 6.00. The molecule has 3 rings (SSSR count). The molecule has 2 heterocycles. The zero-order valence-electron chi connectivity index (χ0n) is 12.0. The quantitative estimate of drug-likeness (QED) is 0.393. The summed E-state index contributed by atoms with van der Waals surface area (Å²) in [6, 6.07) is 2.06. The van der Waals surface area contributed by atoms with Crippen LogP contribution in [0.15, 0.2) is 12.1 Å². The van der Waals surface area contributed by atoms with Gasteiger partial charge in [-0.2, -0.15) is 0 Å². The number of rotatable bonds is 2. The van der Waals surface area contributed by atoms with Gasteiger partial charge in [0, 0.05) is 9.84 Å². The zero-order chi connectivity index (χ0) is 15.7. The van der Waals surface area contributed by atoms with Crippen molar-refractivity contribution in [1.29, 1.82) is 0 Å². The molecule has 6 heteroatoms. The second kappa shape index (κ2) is 7.05. The van der Waals surface area contributed by atoms with E-state index in [1.807, 2.05) is 0 Å². The molecule has 4 atom stereocenters. The lowest BCUT2D eigenvalue weighted by atomic mass is 9.88. The van der Waals surface area contributed by atoms with Crippen LogP contribution in [0.4, 0.5) is 13.2 Å². The van der Waals surface area contributed by atoms with Crippen molar-refractivity contribution in [3.63, 3.8) is 0 Å². The van der Waals surface area contributed by atoms with Crippen LogP contribution >= 0.6 is 22.6 Å². The van der Waals surface area contributed by atoms with Gasteiger partial charge in [-0.25, -0.2) is 13.2 Å². The van der Waals surface area contributed by atoms with E-state index < -0.39 is 17.5 Å². The molecule has 1 aromatic carbocycles. The van der Waals surface area contributed by atoms with Gasteiger partial charge in [0.25, 0.3) is 0 Å². The van der Waals surface area contributed by atoms with E-state index in [-0.39, 0.29) is 12.2 Å². The van der Waals surface area contributed by atoms with Gasteiger partial charge in [-0.3, -0.25) is 0 Å². The van der Waals surface area contributed by atoms with Crippen LogP contribution < -0.4 is 0 Å². The molecular formula is C16H18F3IO2. The van der Waals surface area contributed by atoms with Gasteiger partial charge in [0.2, 0.25) is 0 Å². The first-order valence-corrected chi connectivity index (χ1v) is 8.81. The molecule has 2 aliphatic rings. The van der Waals surface area contributed by atoms with Crippen LogP contribution in [0, 0.1) is 23.4 Å². The maximum Gasteiger partial charge on any atom is 0.194 e. The lowest BCUT2D eigenvalue weighted by Gasteiger charge is -2.37. The van der Waals surface area contributed by atoms with E-state index in [9.17, 15) is 13.2 Å². The Hall–Kier alpha value is -0.340. The first kappa shape index (κ1) is 16.5. The lowest BCUT2D eigenvalue weighted by Crippen LogP contribution is -2.37. The Morgan fingerprint density at radius 3 is 2.18 bits per heavy atom. The highest BCUT2D eigenvalue weighted by atomic mass is 127. The minimum atomic E-state index is -1.43. The average molecular weight is 426 g/mol. The number of benzene rings is 1. The summed E-state index contributed by atoms with van der Waals surface area (Å²) < 4.78 is 51.8. The Morgan fingerprint density at radius 2 is 1.64 bits per heavy atom. The van der Waals surface area contributed by atoms with Crippen molar-refractivity contribution in [2.75, 3.05) is 13.2 Å². The van der Waals surface area contributed by atoms with Crippen LogP contribution in [0.3, 0.4) is 0 Å². The van der Waals surface area contributed by atoms with Crippen molar-refractivity contribution >= 4 is 22.6 Å². The van der Waals surface area contributed by atoms with E-state index in [1.165, 1.54) is 0 Å². The third kappa shape index (κ3) is 3.59. The third-order valence-corrected chi connectivity index (χ3v) is 5.45. The number of hydrogen-bond donors (Lipinski definition) is 0. The topological polar surface area (TPSA) is 18.5 Å². The van der Waals surface area contributed by atoms with E-state index in [4.69, 9.17) is 9.47 Å². The molecule has 0 bridgehead atoms. The molecule has 0 radical (unpaired) electrons. The van der Waals surface area contributed by atoms with E-state index >= 15 is 0 Å². The highest BCUT2D eigenvalue weighted by molar-refractivity contribution is 14.1. The fourth-order valence-electron chi connectivity index (χ4n) is 3.20. The molecule has 0 spiro atoms. The van der Waals surface area contributed by atoms with Crippen LogP contribution in [0.1, 0.15) is 37.4 Å². The van der Waals surface area contributed by atoms with E-state index in [2.05, 4.69) is 22.6 Å².